The molecule has 1 aromatic heterocycles. The molecule has 0 aliphatic rings. The fraction of sp³-hybridized carbons (Fsp3) is 0.0556. The number of amides is 1. The summed E-state index contributed by atoms with van der Waals surface area (Å²) in [4.78, 5) is 22.6. The number of furan rings is 1. The van der Waals surface area contributed by atoms with Gasteiger partial charge < -0.3 is 9.73 Å². The molecule has 126 valence electrons. The van der Waals surface area contributed by atoms with Crippen molar-refractivity contribution >= 4 is 28.9 Å². The second-order valence-electron chi connectivity index (χ2n) is 5.41. The highest BCUT2D eigenvalue weighted by Gasteiger charge is 2.17. The van der Waals surface area contributed by atoms with Gasteiger partial charge in [-0.3, -0.25) is 14.9 Å². The summed E-state index contributed by atoms with van der Waals surface area (Å²) in [5.41, 5.74) is 1.98. The molecule has 0 spiro atoms. The number of nitro benzene ring substituents is 1. The molecule has 0 atom stereocenters. The molecule has 0 unspecified atom stereocenters. The Kier molecular flexibility index (Phi) is 4.54. The van der Waals surface area contributed by atoms with Crippen molar-refractivity contribution in [3.05, 3.63) is 81.1 Å². The average molecular weight is 357 g/mol. The fourth-order valence-corrected chi connectivity index (χ4v) is 2.44. The number of carbonyl (C=O) groups is 1. The van der Waals surface area contributed by atoms with E-state index in [2.05, 4.69) is 5.32 Å². The Labute approximate surface area is 148 Å². The van der Waals surface area contributed by atoms with E-state index in [0.29, 0.717) is 17.0 Å². The van der Waals surface area contributed by atoms with Crippen LogP contribution in [0.15, 0.2) is 59.0 Å². The molecular weight excluding hydrogens is 344 g/mol. The minimum absolute atomic E-state index is 0.0395. The second kappa shape index (κ2) is 6.78. The van der Waals surface area contributed by atoms with Gasteiger partial charge in [-0.05, 0) is 43.3 Å². The third-order valence-electron chi connectivity index (χ3n) is 3.57. The topological polar surface area (TPSA) is 85.4 Å². The Bertz CT molecular complexity index is 948. The Morgan fingerprint density at radius 1 is 1.12 bits per heavy atom. The number of nitrogens with one attached hydrogen (secondary N) is 1. The van der Waals surface area contributed by atoms with Crippen LogP contribution in [-0.4, -0.2) is 10.8 Å². The van der Waals surface area contributed by atoms with Crippen molar-refractivity contribution < 1.29 is 14.1 Å². The van der Waals surface area contributed by atoms with Gasteiger partial charge in [0.05, 0.1) is 4.92 Å². The second-order valence-corrected chi connectivity index (χ2v) is 5.81. The van der Waals surface area contributed by atoms with E-state index in [9.17, 15) is 14.9 Å². The minimum Gasteiger partial charge on any atom is -0.451 e. The van der Waals surface area contributed by atoms with Crippen LogP contribution in [0.4, 0.5) is 11.4 Å². The van der Waals surface area contributed by atoms with Crippen molar-refractivity contribution in [2.24, 2.45) is 0 Å². The largest absolute Gasteiger partial charge is 0.451 e. The quantitative estimate of drug-likeness (QED) is 0.522. The highest BCUT2D eigenvalue weighted by molar-refractivity contribution is 6.32. The van der Waals surface area contributed by atoms with E-state index < -0.39 is 10.8 Å². The summed E-state index contributed by atoms with van der Waals surface area (Å²) in [6.07, 6.45) is 0. The lowest BCUT2D eigenvalue weighted by atomic mass is 10.1. The smallest absolute Gasteiger partial charge is 0.291 e. The van der Waals surface area contributed by atoms with E-state index in [1.807, 2.05) is 19.1 Å². The van der Waals surface area contributed by atoms with Gasteiger partial charge in [0.1, 0.15) is 10.8 Å². The van der Waals surface area contributed by atoms with Gasteiger partial charge >= 0.3 is 0 Å². The first kappa shape index (κ1) is 16.7. The molecule has 0 aliphatic heterocycles. The molecule has 3 rings (SSSR count). The number of hydrogen-bond acceptors (Lipinski definition) is 4. The van der Waals surface area contributed by atoms with Gasteiger partial charge in [-0.1, -0.05) is 29.3 Å². The molecule has 1 amide bonds. The minimum atomic E-state index is -0.570. The number of halogens is 1. The maximum absolute atomic E-state index is 12.2. The first-order valence-electron chi connectivity index (χ1n) is 7.36. The van der Waals surface area contributed by atoms with Crippen molar-refractivity contribution in [2.75, 3.05) is 5.32 Å². The van der Waals surface area contributed by atoms with Gasteiger partial charge in [0.15, 0.2) is 5.76 Å². The van der Waals surface area contributed by atoms with Gasteiger partial charge in [0.25, 0.3) is 11.6 Å². The van der Waals surface area contributed by atoms with Crippen molar-refractivity contribution in [3.63, 3.8) is 0 Å². The molecule has 0 saturated carbocycles. The van der Waals surface area contributed by atoms with Gasteiger partial charge in [-0.15, -0.1) is 0 Å². The van der Waals surface area contributed by atoms with Crippen molar-refractivity contribution in [3.8, 4) is 11.3 Å². The van der Waals surface area contributed by atoms with Crippen LogP contribution in [-0.2, 0) is 0 Å². The summed E-state index contributed by atoms with van der Waals surface area (Å²) in [6.45, 7) is 1.95. The molecule has 1 N–H and O–H groups in total. The van der Waals surface area contributed by atoms with Gasteiger partial charge in [0, 0.05) is 17.3 Å². The Morgan fingerprint density at radius 3 is 2.52 bits per heavy atom. The number of hydrogen-bond donors (Lipinski definition) is 1. The summed E-state index contributed by atoms with van der Waals surface area (Å²) in [6, 6.07) is 14.8. The zero-order valence-corrected chi connectivity index (χ0v) is 13.9. The highest BCUT2D eigenvalue weighted by atomic mass is 35.5. The molecule has 3 aromatic rings. The van der Waals surface area contributed by atoms with Gasteiger partial charge in [0.2, 0.25) is 0 Å². The lowest BCUT2D eigenvalue weighted by Gasteiger charge is -2.03. The number of benzene rings is 2. The molecule has 0 radical (unpaired) electrons. The van der Waals surface area contributed by atoms with Crippen LogP contribution in [0.1, 0.15) is 16.1 Å². The van der Waals surface area contributed by atoms with E-state index in [0.717, 1.165) is 5.56 Å². The van der Waals surface area contributed by atoms with E-state index in [4.69, 9.17) is 16.0 Å². The van der Waals surface area contributed by atoms with Crippen LogP contribution in [0.25, 0.3) is 11.3 Å². The van der Waals surface area contributed by atoms with Crippen LogP contribution < -0.4 is 5.32 Å². The van der Waals surface area contributed by atoms with E-state index in [1.165, 1.54) is 18.2 Å². The van der Waals surface area contributed by atoms with Crippen LogP contribution in [0.5, 0.6) is 0 Å². The van der Waals surface area contributed by atoms with Crippen molar-refractivity contribution in [1.29, 1.82) is 0 Å². The fourth-order valence-electron chi connectivity index (χ4n) is 2.25. The zero-order valence-electron chi connectivity index (χ0n) is 13.2. The number of aryl methyl sites for hydroxylation is 1. The third kappa shape index (κ3) is 3.70. The first-order valence-corrected chi connectivity index (χ1v) is 7.74. The molecular formula is C18H13ClN2O4. The predicted molar refractivity (Wildman–Crippen MR) is 94.9 cm³/mol. The molecule has 0 aliphatic carbocycles. The molecule has 0 saturated heterocycles. The SMILES string of the molecule is Cc1ccc(NC(=O)c2ccc(-c3ccc(Cl)c([N+](=O)[O-])c3)o2)cc1. The standard InChI is InChI=1S/C18H13ClN2O4/c1-11-2-5-13(6-3-11)20-18(22)17-9-8-16(25-17)12-4-7-14(19)15(10-12)21(23)24/h2-10H,1H3,(H,20,22). The molecule has 0 fully saturated rings. The number of nitrogens with zero attached hydrogens (tertiary/aromatic N) is 1. The number of nitro groups is 1. The lowest BCUT2D eigenvalue weighted by Crippen LogP contribution is -2.10. The Hall–Kier alpha value is -3.12. The summed E-state index contributed by atoms with van der Waals surface area (Å²) < 4.78 is 5.52. The summed E-state index contributed by atoms with van der Waals surface area (Å²) in [7, 11) is 0. The van der Waals surface area contributed by atoms with E-state index in [1.54, 1.807) is 24.3 Å². The maximum atomic E-state index is 12.2. The third-order valence-corrected chi connectivity index (χ3v) is 3.89. The molecule has 6 nitrogen and oxygen atoms in total. The molecule has 1 heterocycles. The summed E-state index contributed by atoms with van der Waals surface area (Å²) in [5, 5.41) is 13.7. The normalized spacial score (nSPS) is 10.5. The van der Waals surface area contributed by atoms with E-state index >= 15 is 0 Å². The zero-order chi connectivity index (χ0) is 18.0. The lowest BCUT2D eigenvalue weighted by molar-refractivity contribution is -0.384. The van der Waals surface area contributed by atoms with Crippen LogP contribution in [0, 0.1) is 17.0 Å². The summed E-state index contributed by atoms with van der Waals surface area (Å²) in [5.74, 6) is 0.0422. The molecule has 25 heavy (non-hydrogen) atoms. The monoisotopic (exact) mass is 356 g/mol. The van der Waals surface area contributed by atoms with Gasteiger partial charge in [-0.2, -0.15) is 0 Å². The van der Waals surface area contributed by atoms with Crippen molar-refractivity contribution in [2.45, 2.75) is 6.92 Å². The maximum Gasteiger partial charge on any atom is 0.291 e. The number of anilines is 1. The summed E-state index contributed by atoms with van der Waals surface area (Å²) >= 11 is 5.80. The van der Waals surface area contributed by atoms with Crippen molar-refractivity contribution in [1.82, 2.24) is 0 Å². The number of rotatable bonds is 4. The van der Waals surface area contributed by atoms with E-state index in [-0.39, 0.29) is 16.5 Å². The van der Waals surface area contributed by atoms with Crippen LogP contribution in [0.3, 0.4) is 0 Å². The first-order chi connectivity index (χ1) is 11.9. The number of carbonyl (C=O) groups excluding carboxylic acids is 1. The van der Waals surface area contributed by atoms with Crippen LogP contribution in [0.2, 0.25) is 5.02 Å². The molecule has 7 heteroatoms. The molecule has 2 aromatic carbocycles. The predicted octanol–water partition coefficient (Wildman–Crippen LogP) is 5.07. The van der Waals surface area contributed by atoms with Crippen LogP contribution >= 0.6 is 11.6 Å². The molecule has 0 bridgehead atoms. The average Bonchev–Trinajstić information content (AvgIpc) is 3.07. The Balaban J connectivity index is 1.82. The Morgan fingerprint density at radius 2 is 1.84 bits per heavy atom. The van der Waals surface area contributed by atoms with Gasteiger partial charge in [-0.25, -0.2) is 0 Å². The highest BCUT2D eigenvalue weighted by Crippen LogP contribution is 2.31.